The average Bonchev–Trinajstić information content (AvgIpc) is 2.19. The lowest BCUT2D eigenvalue weighted by atomic mass is 9.84. The van der Waals surface area contributed by atoms with E-state index in [1.807, 2.05) is 0 Å². The van der Waals surface area contributed by atoms with E-state index in [0.29, 0.717) is 0 Å². The molecule has 0 heterocycles. The lowest BCUT2D eigenvalue weighted by Gasteiger charge is -2.24. The first kappa shape index (κ1) is 18.6. The van der Waals surface area contributed by atoms with Gasteiger partial charge in [0.15, 0.2) is 0 Å². The fourth-order valence-electron chi connectivity index (χ4n) is 1.44. The summed E-state index contributed by atoms with van der Waals surface area (Å²) in [6.45, 7) is 4.23. The largest absolute Gasteiger partial charge is 0.481 e. The van der Waals surface area contributed by atoms with Crippen molar-refractivity contribution in [3.8, 4) is 0 Å². The third kappa shape index (κ3) is 5.30. The van der Waals surface area contributed by atoms with Crippen LogP contribution in [0.4, 0.5) is 22.0 Å². The number of hydrogen-bond donors (Lipinski definition) is 2. The fraction of sp³-hybridized carbons (Fsp3) is 0.818. The molecule has 0 aromatic carbocycles. The summed E-state index contributed by atoms with van der Waals surface area (Å²) in [6, 6.07) is 0. The van der Waals surface area contributed by atoms with Crippen molar-refractivity contribution in [1.82, 2.24) is 5.32 Å². The van der Waals surface area contributed by atoms with Crippen LogP contribution in [0.5, 0.6) is 0 Å². The maximum Gasteiger partial charge on any atom is 0.463 e. The molecular formula is C11H16F5NO3. The predicted molar refractivity (Wildman–Crippen MR) is 59.2 cm³/mol. The molecule has 0 aromatic heterocycles. The molecule has 1 unspecified atom stereocenters. The van der Waals surface area contributed by atoms with Gasteiger partial charge in [-0.2, -0.15) is 22.0 Å². The van der Waals surface area contributed by atoms with Gasteiger partial charge in [0.1, 0.15) is 0 Å². The molecule has 0 aliphatic rings. The number of carboxylic acids is 1. The van der Waals surface area contributed by atoms with Crippen LogP contribution in [0.3, 0.4) is 0 Å². The Hall–Kier alpha value is -1.41. The van der Waals surface area contributed by atoms with Crippen molar-refractivity contribution in [3.63, 3.8) is 0 Å². The molecule has 0 bridgehead atoms. The summed E-state index contributed by atoms with van der Waals surface area (Å²) >= 11 is 0. The highest BCUT2D eigenvalue weighted by Crippen LogP contribution is 2.35. The molecule has 118 valence electrons. The summed E-state index contributed by atoms with van der Waals surface area (Å²) in [7, 11) is 0. The first-order valence-corrected chi connectivity index (χ1v) is 5.64. The number of aliphatic carboxylic acids is 1. The molecule has 0 saturated carbocycles. The third-order valence-electron chi connectivity index (χ3n) is 2.36. The number of amides is 1. The Labute approximate surface area is 112 Å². The molecule has 0 spiro atoms. The van der Waals surface area contributed by atoms with E-state index in [1.165, 1.54) is 5.32 Å². The number of rotatable bonds is 5. The maximum absolute atomic E-state index is 12.6. The van der Waals surface area contributed by atoms with Crippen LogP contribution >= 0.6 is 0 Å². The normalized spacial score (nSPS) is 14.8. The molecule has 0 fully saturated rings. The first-order chi connectivity index (χ1) is 8.68. The minimum atomic E-state index is -6.01. The average molecular weight is 305 g/mol. The molecule has 2 N–H and O–H groups in total. The monoisotopic (exact) mass is 305 g/mol. The molecule has 0 aromatic rings. The number of hydrogen-bond acceptors (Lipinski definition) is 2. The quantitative estimate of drug-likeness (QED) is 0.767. The fourth-order valence-corrected chi connectivity index (χ4v) is 1.44. The van der Waals surface area contributed by atoms with Gasteiger partial charge in [-0.05, 0) is 11.8 Å². The number of carboxylic acid groups (broad SMARTS) is 1. The third-order valence-corrected chi connectivity index (χ3v) is 2.36. The molecule has 0 aliphatic carbocycles. The maximum atomic E-state index is 12.6. The molecule has 0 saturated heterocycles. The minimum Gasteiger partial charge on any atom is -0.481 e. The summed E-state index contributed by atoms with van der Waals surface area (Å²) in [5.74, 6) is -10.7. The number of carbonyl (C=O) groups excluding carboxylic acids is 1. The zero-order chi connectivity index (χ0) is 16.4. The van der Waals surface area contributed by atoms with Crippen molar-refractivity contribution in [3.05, 3.63) is 0 Å². The van der Waals surface area contributed by atoms with Crippen molar-refractivity contribution in [2.75, 3.05) is 6.54 Å². The predicted octanol–water partition coefficient (Wildman–Crippen LogP) is 2.44. The van der Waals surface area contributed by atoms with Gasteiger partial charge in [-0.25, -0.2) is 0 Å². The Morgan fingerprint density at radius 1 is 1.10 bits per heavy atom. The van der Waals surface area contributed by atoms with E-state index in [2.05, 4.69) is 0 Å². The van der Waals surface area contributed by atoms with Gasteiger partial charge in [-0.1, -0.05) is 20.8 Å². The van der Waals surface area contributed by atoms with E-state index in [0.717, 1.165) is 0 Å². The second-order valence-corrected chi connectivity index (χ2v) is 5.58. The smallest absolute Gasteiger partial charge is 0.463 e. The second-order valence-electron chi connectivity index (χ2n) is 5.58. The topological polar surface area (TPSA) is 66.4 Å². The van der Waals surface area contributed by atoms with Crippen molar-refractivity contribution >= 4 is 11.9 Å². The van der Waals surface area contributed by atoms with E-state index < -0.39 is 41.9 Å². The van der Waals surface area contributed by atoms with Crippen molar-refractivity contribution in [2.24, 2.45) is 11.3 Å². The summed E-state index contributed by atoms with van der Waals surface area (Å²) in [5, 5.41) is 10.2. The molecule has 0 aliphatic heterocycles. The standard InChI is InChI=1S/C11H16F5NO3/c1-9(2,3)4-6(7(18)19)5-17-8(20)10(12,13)11(14,15)16/h6H,4-5H2,1-3H3,(H,17,20)(H,18,19). The van der Waals surface area contributed by atoms with Crippen LogP contribution in [0.25, 0.3) is 0 Å². The minimum absolute atomic E-state index is 0.0141. The van der Waals surface area contributed by atoms with Crippen LogP contribution in [0.2, 0.25) is 0 Å². The highest BCUT2D eigenvalue weighted by molar-refractivity contribution is 5.84. The Morgan fingerprint density at radius 3 is 1.85 bits per heavy atom. The molecule has 0 radical (unpaired) electrons. The molecule has 20 heavy (non-hydrogen) atoms. The van der Waals surface area contributed by atoms with Crippen LogP contribution in [-0.4, -0.2) is 35.6 Å². The molecular weight excluding hydrogens is 289 g/mol. The van der Waals surface area contributed by atoms with Crippen LogP contribution in [0.15, 0.2) is 0 Å². The Balaban J connectivity index is 4.73. The van der Waals surface area contributed by atoms with Gasteiger partial charge < -0.3 is 10.4 Å². The highest BCUT2D eigenvalue weighted by Gasteiger charge is 2.63. The first-order valence-electron chi connectivity index (χ1n) is 5.64. The van der Waals surface area contributed by atoms with Crippen molar-refractivity contribution in [2.45, 2.75) is 39.3 Å². The van der Waals surface area contributed by atoms with E-state index >= 15 is 0 Å². The van der Waals surface area contributed by atoms with Crippen molar-refractivity contribution in [1.29, 1.82) is 0 Å². The van der Waals surface area contributed by atoms with Gasteiger partial charge in [0.05, 0.1) is 5.92 Å². The van der Waals surface area contributed by atoms with Crippen LogP contribution in [0.1, 0.15) is 27.2 Å². The van der Waals surface area contributed by atoms with Crippen LogP contribution in [0, 0.1) is 11.3 Å². The van der Waals surface area contributed by atoms with Gasteiger partial charge in [0, 0.05) is 6.54 Å². The zero-order valence-corrected chi connectivity index (χ0v) is 11.1. The summed E-state index contributed by atoms with van der Waals surface area (Å²) < 4.78 is 61.0. The SMILES string of the molecule is CC(C)(C)CC(CNC(=O)C(F)(F)C(F)(F)F)C(=O)O. The Morgan fingerprint density at radius 2 is 1.55 bits per heavy atom. The summed E-state index contributed by atoms with van der Waals surface area (Å²) in [6.07, 6.45) is -6.00. The lowest BCUT2D eigenvalue weighted by molar-refractivity contribution is -0.269. The van der Waals surface area contributed by atoms with E-state index in [-0.39, 0.29) is 6.42 Å². The number of alkyl halides is 5. The number of nitrogens with one attached hydrogen (secondary N) is 1. The van der Waals surface area contributed by atoms with Gasteiger partial charge in [-0.15, -0.1) is 0 Å². The zero-order valence-electron chi connectivity index (χ0n) is 11.1. The van der Waals surface area contributed by atoms with Crippen molar-refractivity contribution < 1.29 is 36.6 Å². The van der Waals surface area contributed by atoms with E-state index in [1.54, 1.807) is 20.8 Å². The number of carbonyl (C=O) groups is 2. The highest BCUT2D eigenvalue weighted by atomic mass is 19.4. The summed E-state index contributed by atoms with van der Waals surface area (Å²) in [5.41, 5.74) is -0.486. The second kappa shape index (κ2) is 5.92. The van der Waals surface area contributed by atoms with E-state index in [9.17, 15) is 31.5 Å². The summed E-state index contributed by atoms with van der Waals surface area (Å²) in [4.78, 5) is 21.7. The van der Waals surface area contributed by atoms with E-state index in [4.69, 9.17) is 5.11 Å². The lowest BCUT2D eigenvalue weighted by Crippen LogP contribution is -2.51. The molecule has 1 amide bonds. The van der Waals surface area contributed by atoms with Crippen LogP contribution < -0.4 is 5.32 Å². The number of halogens is 5. The molecule has 9 heteroatoms. The Bertz CT molecular complexity index is 373. The van der Waals surface area contributed by atoms with Crippen LogP contribution in [-0.2, 0) is 9.59 Å². The molecule has 4 nitrogen and oxygen atoms in total. The Kier molecular flexibility index (Phi) is 5.51. The van der Waals surface area contributed by atoms with Gasteiger partial charge in [0.2, 0.25) is 0 Å². The molecule has 0 rings (SSSR count). The van der Waals surface area contributed by atoms with Gasteiger partial charge in [0.25, 0.3) is 5.91 Å². The molecule has 1 atom stereocenters. The van der Waals surface area contributed by atoms with Gasteiger partial charge >= 0.3 is 18.1 Å². The van der Waals surface area contributed by atoms with Gasteiger partial charge in [-0.3, -0.25) is 9.59 Å².